The van der Waals surface area contributed by atoms with Crippen molar-refractivity contribution >= 4 is 27.5 Å². The summed E-state index contributed by atoms with van der Waals surface area (Å²) in [5.74, 6) is -1.01. The van der Waals surface area contributed by atoms with Crippen LogP contribution < -0.4 is 5.32 Å². The zero-order valence-corrected chi connectivity index (χ0v) is 13.8. The van der Waals surface area contributed by atoms with Crippen LogP contribution in [0.3, 0.4) is 0 Å². The van der Waals surface area contributed by atoms with Crippen molar-refractivity contribution < 1.29 is 8.78 Å². The lowest BCUT2D eigenvalue weighted by Gasteiger charge is -2.15. The number of hydrogen-bond acceptors (Lipinski definition) is 1. The smallest absolute Gasteiger partial charge is 0.129 e. The molecule has 1 nitrogen and oxygen atoms in total. The molecule has 0 bridgehead atoms. The molecule has 1 unspecified atom stereocenters. The van der Waals surface area contributed by atoms with E-state index in [2.05, 4.69) is 21.2 Å². The zero-order chi connectivity index (χ0) is 15.4. The highest BCUT2D eigenvalue weighted by Crippen LogP contribution is 2.23. The number of nitrogens with one attached hydrogen (secondary N) is 1. The summed E-state index contributed by atoms with van der Waals surface area (Å²) in [7, 11) is 0. The van der Waals surface area contributed by atoms with Crippen molar-refractivity contribution in [1.29, 1.82) is 0 Å². The standard InChI is InChI=1S/C16H15BrClF2N/c1-10(7-12-15(19)3-2-4-16(12)20)21-9-11-5-6-13(17)14(18)8-11/h2-6,8,10,21H,7,9H2,1H3. The average molecular weight is 375 g/mol. The van der Waals surface area contributed by atoms with Crippen molar-refractivity contribution in [3.05, 3.63) is 68.7 Å². The monoisotopic (exact) mass is 373 g/mol. The molecule has 2 rings (SSSR count). The summed E-state index contributed by atoms with van der Waals surface area (Å²) in [6.07, 6.45) is 0.294. The minimum atomic E-state index is -0.504. The van der Waals surface area contributed by atoms with Crippen LogP contribution in [0.4, 0.5) is 8.78 Å². The number of benzene rings is 2. The summed E-state index contributed by atoms with van der Waals surface area (Å²) in [6.45, 7) is 2.48. The Hall–Kier alpha value is -0.970. The summed E-state index contributed by atoms with van der Waals surface area (Å²) in [6, 6.07) is 9.54. The van der Waals surface area contributed by atoms with Crippen molar-refractivity contribution in [1.82, 2.24) is 5.32 Å². The van der Waals surface area contributed by atoms with Crippen molar-refractivity contribution in [3.63, 3.8) is 0 Å². The van der Waals surface area contributed by atoms with Crippen LogP contribution in [-0.4, -0.2) is 6.04 Å². The van der Waals surface area contributed by atoms with Crippen LogP contribution >= 0.6 is 27.5 Å². The Balaban J connectivity index is 1.96. The fraction of sp³-hybridized carbons (Fsp3) is 0.250. The molecular formula is C16H15BrClF2N. The van der Waals surface area contributed by atoms with Gasteiger partial charge < -0.3 is 5.32 Å². The van der Waals surface area contributed by atoms with Gasteiger partial charge in [0.05, 0.1) is 5.02 Å². The molecule has 5 heteroatoms. The first kappa shape index (κ1) is 16.4. The van der Waals surface area contributed by atoms with Gasteiger partial charge in [0, 0.05) is 22.6 Å². The van der Waals surface area contributed by atoms with Crippen LogP contribution in [-0.2, 0) is 13.0 Å². The third-order valence-electron chi connectivity index (χ3n) is 3.21. The lowest BCUT2D eigenvalue weighted by atomic mass is 10.1. The van der Waals surface area contributed by atoms with Crippen LogP contribution in [0, 0.1) is 11.6 Å². The predicted molar refractivity (Wildman–Crippen MR) is 85.5 cm³/mol. The molecule has 0 amide bonds. The fourth-order valence-electron chi connectivity index (χ4n) is 2.05. The Bertz CT molecular complexity index is 613. The first-order valence-electron chi connectivity index (χ1n) is 6.57. The lowest BCUT2D eigenvalue weighted by molar-refractivity contribution is 0.499. The molecule has 0 aliphatic rings. The molecule has 0 saturated carbocycles. The van der Waals surface area contributed by atoms with E-state index in [0.29, 0.717) is 18.0 Å². The van der Waals surface area contributed by atoms with Crippen LogP contribution in [0.2, 0.25) is 5.02 Å². The highest BCUT2D eigenvalue weighted by molar-refractivity contribution is 9.10. The summed E-state index contributed by atoms with van der Waals surface area (Å²) in [4.78, 5) is 0. The molecule has 2 aromatic carbocycles. The van der Waals surface area contributed by atoms with Crippen molar-refractivity contribution in [3.8, 4) is 0 Å². The summed E-state index contributed by atoms with van der Waals surface area (Å²) in [5.41, 5.74) is 1.13. The van der Waals surface area contributed by atoms with Gasteiger partial charge in [-0.05, 0) is 59.1 Å². The van der Waals surface area contributed by atoms with Gasteiger partial charge in [-0.3, -0.25) is 0 Å². The normalized spacial score (nSPS) is 12.4. The Labute approximate surface area is 136 Å². The van der Waals surface area contributed by atoms with Crippen LogP contribution in [0.25, 0.3) is 0 Å². The molecule has 112 valence electrons. The first-order chi connectivity index (χ1) is 9.97. The molecule has 0 aliphatic heterocycles. The van der Waals surface area contributed by atoms with E-state index in [-0.39, 0.29) is 11.6 Å². The van der Waals surface area contributed by atoms with E-state index in [1.165, 1.54) is 18.2 Å². The number of halogens is 4. The van der Waals surface area contributed by atoms with Gasteiger partial charge in [-0.1, -0.05) is 23.7 Å². The molecule has 0 saturated heterocycles. The largest absolute Gasteiger partial charge is 0.310 e. The van der Waals surface area contributed by atoms with E-state index in [1.54, 1.807) is 0 Å². The van der Waals surface area contributed by atoms with E-state index in [9.17, 15) is 8.78 Å². The summed E-state index contributed by atoms with van der Waals surface area (Å²) in [5, 5.41) is 3.88. The zero-order valence-electron chi connectivity index (χ0n) is 11.5. The van der Waals surface area contributed by atoms with Crippen LogP contribution in [0.1, 0.15) is 18.1 Å². The minimum absolute atomic E-state index is 0.0566. The highest BCUT2D eigenvalue weighted by atomic mass is 79.9. The van der Waals surface area contributed by atoms with Gasteiger partial charge >= 0.3 is 0 Å². The third kappa shape index (κ3) is 4.50. The second kappa shape index (κ2) is 7.34. The van der Waals surface area contributed by atoms with Crippen LogP contribution in [0.5, 0.6) is 0 Å². The molecule has 0 fully saturated rings. The van der Waals surface area contributed by atoms with Gasteiger partial charge in [0.25, 0.3) is 0 Å². The first-order valence-corrected chi connectivity index (χ1v) is 7.74. The summed E-state index contributed by atoms with van der Waals surface area (Å²) < 4.78 is 28.0. The van der Waals surface area contributed by atoms with Gasteiger partial charge in [-0.15, -0.1) is 0 Å². The molecule has 0 aromatic heterocycles. The second-order valence-corrected chi connectivity index (χ2v) is 6.20. The maximum Gasteiger partial charge on any atom is 0.129 e. The number of rotatable bonds is 5. The van der Waals surface area contributed by atoms with E-state index in [1.807, 2.05) is 25.1 Å². The molecule has 21 heavy (non-hydrogen) atoms. The van der Waals surface area contributed by atoms with Gasteiger partial charge in [0.15, 0.2) is 0 Å². The minimum Gasteiger partial charge on any atom is -0.310 e. The average Bonchev–Trinajstić information content (AvgIpc) is 2.44. The Morgan fingerprint density at radius 1 is 1.19 bits per heavy atom. The SMILES string of the molecule is CC(Cc1c(F)cccc1F)NCc1ccc(Br)c(Cl)c1. The van der Waals surface area contributed by atoms with Crippen molar-refractivity contribution in [2.45, 2.75) is 25.9 Å². The summed E-state index contributed by atoms with van der Waals surface area (Å²) >= 11 is 9.36. The van der Waals surface area contributed by atoms with Crippen molar-refractivity contribution in [2.75, 3.05) is 0 Å². The topological polar surface area (TPSA) is 12.0 Å². The van der Waals surface area contributed by atoms with Gasteiger partial charge in [0.2, 0.25) is 0 Å². The molecule has 2 aromatic rings. The molecule has 1 atom stereocenters. The lowest BCUT2D eigenvalue weighted by Crippen LogP contribution is -2.28. The molecule has 0 aliphatic carbocycles. The maximum atomic E-state index is 13.6. The molecule has 0 radical (unpaired) electrons. The van der Waals surface area contributed by atoms with Crippen LogP contribution in [0.15, 0.2) is 40.9 Å². The maximum absolute atomic E-state index is 13.6. The van der Waals surface area contributed by atoms with Crippen molar-refractivity contribution in [2.24, 2.45) is 0 Å². The second-order valence-electron chi connectivity index (χ2n) is 4.93. The fourth-order valence-corrected chi connectivity index (χ4v) is 2.50. The van der Waals surface area contributed by atoms with E-state index in [0.717, 1.165) is 10.0 Å². The van der Waals surface area contributed by atoms with Gasteiger partial charge in [-0.25, -0.2) is 8.78 Å². The molecule has 0 heterocycles. The number of hydrogen-bond donors (Lipinski definition) is 1. The third-order valence-corrected chi connectivity index (χ3v) is 4.44. The van der Waals surface area contributed by atoms with E-state index < -0.39 is 11.6 Å². The molecular weight excluding hydrogens is 360 g/mol. The Morgan fingerprint density at radius 2 is 1.86 bits per heavy atom. The van der Waals surface area contributed by atoms with E-state index in [4.69, 9.17) is 11.6 Å². The predicted octanol–water partition coefficient (Wildman–Crippen LogP) is 5.10. The van der Waals surface area contributed by atoms with E-state index >= 15 is 0 Å². The quantitative estimate of drug-likeness (QED) is 0.767. The highest BCUT2D eigenvalue weighted by Gasteiger charge is 2.12. The van der Waals surface area contributed by atoms with Gasteiger partial charge in [0.1, 0.15) is 11.6 Å². The van der Waals surface area contributed by atoms with Gasteiger partial charge in [-0.2, -0.15) is 0 Å². The molecule has 1 N–H and O–H groups in total. The Morgan fingerprint density at radius 3 is 2.48 bits per heavy atom. The molecule has 0 spiro atoms. The Kier molecular flexibility index (Phi) is 5.73.